The van der Waals surface area contributed by atoms with Crippen LogP contribution in [-0.4, -0.2) is 8.42 Å². The fourth-order valence-corrected chi connectivity index (χ4v) is 2.66. The molecule has 0 unspecified atom stereocenters. The van der Waals surface area contributed by atoms with Crippen molar-refractivity contribution in [2.24, 2.45) is 0 Å². The summed E-state index contributed by atoms with van der Waals surface area (Å²) in [5, 5.41) is 0.0993. The normalized spacial score (nSPS) is 11.4. The molecule has 0 saturated heterocycles. The van der Waals surface area contributed by atoms with Gasteiger partial charge < -0.3 is 4.74 Å². The maximum absolute atomic E-state index is 12.9. The Balaban J connectivity index is 2.35. The van der Waals surface area contributed by atoms with Crippen molar-refractivity contribution in [1.82, 2.24) is 0 Å². The lowest BCUT2D eigenvalue weighted by atomic mass is 10.3. The fraction of sp³-hybridized carbons (Fsp3) is 0. The Labute approximate surface area is 129 Å². The second-order valence-electron chi connectivity index (χ2n) is 3.71. The van der Waals surface area contributed by atoms with Crippen molar-refractivity contribution in [1.29, 1.82) is 0 Å². The highest BCUT2D eigenvalue weighted by atomic mass is 35.7. The summed E-state index contributed by atoms with van der Waals surface area (Å²) in [4.78, 5) is -0.151. The van der Waals surface area contributed by atoms with Crippen LogP contribution in [0.5, 0.6) is 11.5 Å². The van der Waals surface area contributed by atoms with Gasteiger partial charge in [-0.1, -0.05) is 23.2 Å². The number of hydrogen-bond donors (Lipinski definition) is 0. The summed E-state index contributed by atoms with van der Waals surface area (Å²) < 4.78 is 40.6. The van der Waals surface area contributed by atoms with Gasteiger partial charge in [-0.15, -0.1) is 0 Å². The maximum Gasteiger partial charge on any atom is 0.261 e. The number of hydrogen-bond acceptors (Lipinski definition) is 3. The van der Waals surface area contributed by atoms with Gasteiger partial charge in [0.1, 0.15) is 17.3 Å². The Morgan fingerprint density at radius 2 is 1.50 bits per heavy atom. The van der Waals surface area contributed by atoms with Gasteiger partial charge in [0.15, 0.2) is 0 Å². The van der Waals surface area contributed by atoms with E-state index in [2.05, 4.69) is 0 Å². The van der Waals surface area contributed by atoms with Gasteiger partial charge in [-0.3, -0.25) is 0 Å². The highest BCUT2D eigenvalue weighted by Crippen LogP contribution is 2.35. The molecular formula is C12H6Cl3FO3S. The average Bonchev–Trinajstić information content (AvgIpc) is 2.33. The lowest BCUT2D eigenvalue weighted by Gasteiger charge is -2.09. The molecule has 0 atom stereocenters. The van der Waals surface area contributed by atoms with Crippen molar-refractivity contribution >= 4 is 42.9 Å². The van der Waals surface area contributed by atoms with Gasteiger partial charge in [-0.25, -0.2) is 12.8 Å². The van der Waals surface area contributed by atoms with Crippen molar-refractivity contribution < 1.29 is 17.5 Å². The molecule has 0 aromatic heterocycles. The molecule has 3 nitrogen and oxygen atoms in total. The predicted octanol–water partition coefficient (Wildman–Crippen LogP) is 4.85. The van der Waals surface area contributed by atoms with Gasteiger partial charge >= 0.3 is 0 Å². The van der Waals surface area contributed by atoms with Crippen LogP contribution in [0, 0.1) is 5.82 Å². The zero-order valence-electron chi connectivity index (χ0n) is 9.61. The molecule has 0 saturated carbocycles. The highest BCUT2D eigenvalue weighted by Gasteiger charge is 2.14. The van der Waals surface area contributed by atoms with Crippen LogP contribution < -0.4 is 4.74 Å². The van der Waals surface area contributed by atoms with Gasteiger partial charge in [-0.05, 0) is 36.4 Å². The molecule has 0 fully saturated rings. The molecule has 0 spiro atoms. The molecule has 20 heavy (non-hydrogen) atoms. The summed E-state index contributed by atoms with van der Waals surface area (Å²) >= 11 is 11.7. The molecule has 8 heteroatoms. The predicted molar refractivity (Wildman–Crippen MR) is 76.0 cm³/mol. The first-order valence-corrected chi connectivity index (χ1v) is 8.21. The van der Waals surface area contributed by atoms with E-state index in [-0.39, 0.29) is 26.4 Å². The second kappa shape index (κ2) is 5.77. The van der Waals surface area contributed by atoms with Crippen LogP contribution in [0.15, 0.2) is 41.3 Å². The molecule has 0 heterocycles. The number of ether oxygens (including phenoxy) is 1. The number of rotatable bonds is 3. The second-order valence-corrected chi connectivity index (χ2v) is 7.09. The monoisotopic (exact) mass is 354 g/mol. The lowest BCUT2D eigenvalue weighted by molar-refractivity contribution is 0.480. The van der Waals surface area contributed by atoms with E-state index in [0.717, 1.165) is 12.1 Å². The molecule has 0 radical (unpaired) electrons. The van der Waals surface area contributed by atoms with E-state index in [1.165, 1.54) is 24.3 Å². The van der Waals surface area contributed by atoms with E-state index in [1.807, 2.05) is 0 Å². The Kier molecular flexibility index (Phi) is 4.44. The first kappa shape index (κ1) is 15.4. The van der Waals surface area contributed by atoms with E-state index in [4.69, 9.17) is 38.6 Å². The molecule has 0 aliphatic heterocycles. The van der Waals surface area contributed by atoms with E-state index in [1.54, 1.807) is 0 Å². The van der Waals surface area contributed by atoms with Crippen LogP contribution >= 0.6 is 33.9 Å². The summed E-state index contributed by atoms with van der Waals surface area (Å²) in [6.07, 6.45) is 0. The minimum absolute atomic E-state index is 0.0344. The van der Waals surface area contributed by atoms with Crippen molar-refractivity contribution in [3.05, 3.63) is 52.3 Å². The van der Waals surface area contributed by atoms with Crippen LogP contribution in [0.4, 0.5) is 4.39 Å². The summed E-state index contributed by atoms with van der Waals surface area (Å²) in [7, 11) is 1.32. The quantitative estimate of drug-likeness (QED) is 0.739. The Morgan fingerprint density at radius 3 is 2.00 bits per heavy atom. The summed E-state index contributed by atoms with van der Waals surface area (Å²) in [5.74, 6) is -0.141. The Morgan fingerprint density at radius 1 is 0.950 bits per heavy atom. The zero-order chi connectivity index (χ0) is 14.9. The smallest absolute Gasteiger partial charge is 0.261 e. The minimum Gasteiger partial charge on any atom is -0.454 e. The molecule has 0 aliphatic rings. The van der Waals surface area contributed by atoms with Gasteiger partial charge in [0, 0.05) is 10.7 Å². The first-order valence-electron chi connectivity index (χ1n) is 5.14. The first-order chi connectivity index (χ1) is 9.27. The summed E-state index contributed by atoms with van der Waals surface area (Å²) in [6.45, 7) is 0. The summed E-state index contributed by atoms with van der Waals surface area (Å²) in [5.41, 5.74) is 0. The molecule has 0 aliphatic carbocycles. The molecule has 0 N–H and O–H groups in total. The third-order valence-electron chi connectivity index (χ3n) is 2.30. The minimum atomic E-state index is -3.87. The van der Waals surface area contributed by atoms with Crippen molar-refractivity contribution in [3.8, 4) is 11.5 Å². The van der Waals surface area contributed by atoms with E-state index < -0.39 is 14.9 Å². The molecule has 0 amide bonds. The topological polar surface area (TPSA) is 43.4 Å². The van der Waals surface area contributed by atoms with E-state index in [9.17, 15) is 12.8 Å². The molecular weight excluding hydrogens is 350 g/mol. The standard InChI is InChI=1S/C12H6Cl3FO3S/c13-9-5-7(16)1-3-11(9)19-12-4-2-8(6-10(12)14)20(15,17)18/h1-6H. The zero-order valence-corrected chi connectivity index (χ0v) is 12.7. The van der Waals surface area contributed by atoms with Crippen molar-refractivity contribution in [3.63, 3.8) is 0 Å². The van der Waals surface area contributed by atoms with Gasteiger partial charge in [0.05, 0.1) is 14.9 Å². The van der Waals surface area contributed by atoms with Crippen LogP contribution in [0.3, 0.4) is 0 Å². The van der Waals surface area contributed by atoms with Crippen molar-refractivity contribution in [2.45, 2.75) is 4.90 Å². The van der Waals surface area contributed by atoms with Crippen molar-refractivity contribution in [2.75, 3.05) is 0 Å². The fourth-order valence-electron chi connectivity index (χ4n) is 1.39. The lowest BCUT2D eigenvalue weighted by Crippen LogP contribution is -1.92. The molecule has 106 valence electrons. The maximum atomic E-state index is 12.9. The van der Waals surface area contributed by atoms with Gasteiger partial charge in [0.25, 0.3) is 9.05 Å². The molecule has 2 aromatic carbocycles. The molecule has 2 aromatic rings. The summed E-state index contributed by atoms with van der Waals surface area (Å²) in [6, 6.07) is 7.31. The highest BCUT2D eigenvalue weighted by molar-refractivity contribution is 8.13. The number of benzene rings is 2. The van der Waals surface area contributed by atoms with Gasteiger partial charge in [0.2, 0.25) is 0 Å². The van der Waals surface area contributed by atoms with E-state index >= 15 is 0 Å². The third kappa shape index (κ3) is 3.55. The molecule has 0 bridgehead atoms. The Bertz CT molecular complexity index is 763. The van der Waals surface area contributed by atoms with Gasteiger partial charge in [-0.2, -0.15) is 0 Å². The number of halogens is 4. The SMILES string of the molecule is O=S(=O)(Cl)c1ccc(Oc2ccc(F)cc2Cl)c(Cl)c1. The van der Waals surface area contributed by atoms with Crippen LogP contribution in [0.25, 0.3) is 0 Å². The van der Waals surface area contributed by atoms with Crippen LogP contribution in [0.2, 0.25) is 10.0 Å². The van der Waals surface area contributed by atoms with E-state index in [0.29, 0.717) is 0 Å². The Hall–Kier alpha value is -1.01. The molecule has 2 rings (SSSR count). The average molecular weight is 356 g/mol. The van der Waals surface area contributed by atoms with Crippen LogP contribution in [0.1, 0.15) is 0 Å². The largest absolute Gasteiger partial charge is 0.454 e. The van der Waals surface area contributed by atoms with Crippen LogP contribution in [-0.2, 0) is 9.05 Å². The third-order valence-corrected chi connectivity index (χ3v) is 4.24.